The summed E-state index contributed by atoms with van der Waals surface area (Å²) in [5, 5.41) is 6.18. The zero-order valence-electron chi connectivity index (χ0n) is 26.3. The minimum atomic E-state index is -0.171. The lowest BCUT2D eigenvalue weighted by Crippen LogP contribution is -2.57. The number of carbonyl (C=O) groups is 3. The Balaban J connectivity index is 1.36. The second-order valence-electron chi connectivity index (χ2n) is 13.1. The van der Waals surface area contributed by atoms with Crippen LogP contribution in [0.15, 0.2) is 36.4 Å². The molecule has 232 valence electrons. The highest BCUT2D eigenvalue weighted by Crippen LogP contribution is 2.39. The van der Waals surface area contributed by atoms with Crippen molar-refractivity contribution in [1.29, 1.82) is 0 Å². The Bertz CT molecular complexity index is 1310. The fourth-order valence-electron chi connectivity index (χ4n) is 7.01. The molecule has 2 aromatic carbocycles. The van der Waals surface area contributed by atoms with Gasteiger partial charge in [-0.2, -0.15) is 0 Å². The SMILES string of the molecule is CC(=O)Nc1cc(C)cc(C(=O)N2CCN(C(=O)c3ccc(O[C@H]4CCNC4)c(C4CCCCC4)c3)[C@@H](CC(C)C)C2)c1. The Hall–Kier alpha value is -3.39. The molecular weight excluding hydrogens is 540 g/mol. The summed E-state index contributed by atoms with van der Waals surface area (Å²) in [6, 6.07) is 11.5. The third-order valence-electron chi connectivity index (χ3n) is 9.03. The summed E-state index contributed by atoms with van der Waals surface area (Å²) in [5.74, 6) is 1.52. The molecule has 2 N–H and O–H groups in total. The van der Waals surface area contributed by atoms with Crippen LogP contribution >= 0.6 is 0 Å². The molecule has 0 unspecified atom stereocenters. The molecule has 2 atom stereocenters. The fourth-order valence-corrected chi connectivity index (χ4v) is 7.01. The molecule has 2 aromatic rings. The molecule has 3 amide bonds. The van der Waals surface area contributed by atoms with Crippen LogP contribution in [0.4, 0.5) is 5.69 Å². The fraction of sp³-hybridized carbons (Fsp3) is 0.571. The van der Waals surface area contributed by atoms with Crippen LogP contribution in [-0.2, 0) is 4.79 Å². The second kappa shape index (κ2) is 13.9. The Morgan fingerprint density at radius 3 is 2.47 bits per heavy atom. The first kappa shape index (κ1) is 31.0. The molecule has 3 fully saturated rings. The molecule has 8 heteroatoms. The van der Waals surface area contributed by atoms with Gasteiger partial charge in [0, 0.05) is 56.0 Å². The molecular formula is C35H48N4O4. The molecule has 2 saturated heterocycles. The summed E-state index contributed by atoms with van der Waals surface area (Å²) in [6.45, 7) is 11.0. The Labute approximate surface area is 256 Å². The number of piperazine rings is 1. The van der Waals surface area contributed by atoms with Gasteiger partial charge in [0.1, 0.15) is 11.9 Å². The number of ether oxygens (including phenoxy) is 1. The molecule has 43 heavy (non-hydrogen) atoms. The summed E-state index contributed by atoms with van der Waals surface area (Å²) in [4.78, 5) is 43.3. The molecule has 5 rings (SSSR count). The number of hydrogen-bond acceptors (Lipinski definition) is 5. The van der Waals surface area contributed by atoms with E-state index >= 15 is 0 Å². The maximum atomic E-state index is 14.2. The van der Waals surface area contributed by atoms with E-state index in [0.717, 1.165) is 50.1 Å². The number of nitrogens with one attached hydrogen (secondary N) is 2. The van der Waals surface area contributed by atoms with Crippen molar-refractivity contribution in [2.75, 3.05) is 38.0 Å². The molecule has 1 aliphatic carbocycles. The minimum absolute atomic E-state index is 0.0346. The predicted molar refractivity (Wildman–Crippen MR) is 170 cm³/mol. The van der Waals surface area contributed by atoms with Gasteiger partial charge in [0.05, 0.1) is 0 Å². The molecule has 0 aromatic heterocycles. The van der Waals surface area contributed by atoms with Gasteiger partial charge in [0.2, 0.25) is 5.91 Å². The smallest absolute Gasteiger partial charge is 0.254 e. The van der Waals surface area contributed by atoms with E-state index in [2.05, 4.69) is 30.5 Å². The number of benzene rings is 2. The average molecular weight is 589 g/mol. The highest BCUT2D eigenvalue weighted by atomic mass is 16.5. The second-order valence-corrected chi connectivity index (χ2v) is 13.1. The number of rotatable bonds is 8. The van der Waals surface area contributed by atoms with E-state index in [4.69, 9.17) is 4.74 Å². The molecule has 1 saturated carbocycles. The number of amides is 3. The van der Waals surface area contributed by atoms with Gasteiger partial charge in [0.15, 0.2) is 0 Å². The van der Waals surface area contributed by atoms with E-state index in [-0.39, 0.29) is 29.9 Å². The van der Waals surface area contributed by atoms with Crippen molar-refractivity contribution in [3.63, 3.8) is 0 Å². The zero-order valence-corrected chi connectivity index (χ0v) is 26.3. The van der Waals surface area contributed by atoms with Crippen LogP contribution in [-0.4, -0.2) is 72.4 Å². The molecule has 0 bridgehead atoms. The number of nitrogens with zero attached hydrogens (tertiary/aromatic N) is 2. The highest BCUT2D eigenvalue weighted by molar-refractivity contribution is 5.98. The zero-order chi connectivity index (χ0) is 30.5. The quantitative estimate of drug-likeness (QED) is 0.410. The van der Waals surface area contributed by atoms with E-state index in [1.54, 1.807) is 6.07 Å². The normalized spacial score (nSPS) is 21.2. The Kier molecular flexibility index (Phi) is 10.1. The highest BCUT2D eigenvalue weighted by Gasteiger charge is 2.34. The van der Waals surface area contributed by atoms with Crippen molar-refractivity contribution in [1.82, 2.24) is 15.1 Å². The number of aryl methyl sites for hydroxylation is 1. The predicted octanol–water partition coefficient (Wildman–Crippen LogP) is 5.75. The van der Waals surface area contributed by atoms with Crippen LogP contribution in [0.5, 0.6) is 5.75 Å². The lowest BCUT2D eigenvalue weighted by atomic mass is 9.83. The van der Waals surface area contributed by atoms with Crippen molar-refractivity contribution in [3.05, 3.63) is 58.7 Å². The van der Waals surface area contributed by atoms with Crippen molar-refractivity contribution in [2.24, 2.45) is 5.92 Å². The van der Waals surface area contributed by atoms with Gasteiger partial charge in [0.25, 0.3) is 11.8 Å². The summed E-state index contributed by atoms with van der Waals surface area (Å²) >= 11 is 0. The van der Waals surface area contributed by atoms with Crippen LogP contribution in [0.3, 0.4) is 0 Å². The van der Waals surface area contributed by atoms with Gasteiger partial charge >= 0.3 is 0 Å². The topological polar surface area (TPSA) is 91.0 Å². The van der Waals surface area contributed by atoms with Gasteiger partial charge in [-0.15, -0.1) is 0 Å². The first-order chi connectivity index (χ1) is 20.7. The van der Waals surface area contributed by atoms with Crippen molar-refractivity contribution in [3.8, 4) is 5.75 Å². The van der Waals surface area contributed by atoms with E-state index < -0.39 is 0 Å². The largest absolute Gasteiger partial charge is 0.489 e. The Morgan fingerprint density at radius 2 is 1.77 bits per heavy atom. The summed E-state index contributed by atoms with van der Waals surface area (Å²) in [5.41, 5.74) is 3.98. The first-order valence-electron chi connectivity index (χ1n) is 16.2. The lowest BCUT2D eigenvalue weighted by Gasteiger charge is -2.42. The van der Waals surface area contributed by atoms with Gasteiger partial charge in [-0.3, -0.25) is 14.4 Å². The van der Waals surface area contributed by atoms with Crippen molar-refractivity contribution in [2.45, 2.75) is 90.7 Å². The van der Waals surface area contributed by atoms with Gasteiger partial charge in [-0.05, 0) is 98.5 Å². The van der Waals surface area contributed by atoms with Crippen LogP contribution in [0, 0.1) is 12.8 Å². The van der Waals surface area contributed by atoms with Gasteiger partial charge in [-0.1, -0.05) is 33.1 Å². The number of anilines is 1. The maximum Gasteiger partial charge on any atom is 0.254 e. The summed E-state index contributed by atoms with van der Waals surface area (Å²) < 4.78 is 6.48. The van der Waals surface area contributed by atoms with Crippen LogP contribution in [0.2, 0.25) is 0 Å². The minimum Gasteiger partial charge on any atom is -0.489 e. The molecule has 2 heterocycles. The molecule has 2 aliphatic heterocycles. The summed E-state index contributed by atoms with van der Waals surface area (Å²) in [6.07, 6.45) is 7.96. The number of hydrogen-bond donors (Lipinski definition) is 2. The first-order valence-corrected chi connectivity index (χ1v) is 16.2. The van der Waals surface area contributed by atoms with Crippen molar-refractivity contribution < 1.29 is 19.1 Å². The van der Waals surface area contributed by atoms with Crippen LogP contribution in [0.1, 0.15) is 103 Å². The van der Waals surface area contributed by atoms with Crippen LogP contribution < -0.4 is 15.4 Å². The van der Waals surface area contributed by atoms with E-state index in [9.17, 15) is 14.4 Å². The average Bonchev–Trinajstić information content (AvgIpc) is 3.49. The monoisotopic (exact) mass is 588 g/mol. The third kappa shape index (κ3) is 7.77. The molecule has 0 radical (unpaired) electrons. The van der Waals surface area contributed by atoms with Crippen molar-refractivity contribution >= 4 is 23.4 Å². The van der Waals surface area contributed by atoms with E-state index in [0.29, 0.717) is 48.3 Å². The van der Waals surface area contributed by atoms with Gasteiger partial charge < -0.3 is 25.2 Å². The standard InChI is InChI=1S/C35H48N4O4/c1-23(2)16-30-22-38(34(41)28-17-24(3)18-29(19-28)37-25(4)40)14-15-39(30)35(42)27-10-11-33(43-31-12-13-36-21-31)32(20-27)26-8-6-5-7-9-26/h10-11,17-20,23,26,30-31,36H,5-9,12-16,21-22H2,1-4H3,(H,37,40)/t30-,31-/m0/s1. The summed E-state index contributed by atoms with van der Waals surface area (Å²) in [7, 11) is 0. The lowest BCUT2D eigenvalue weighted by molar-refractivity contribution is -0.114. The number of carbonyl (C=O) groups excluding carboxylic acids is 3. The molecule has 8 nitrogen and oxygen atoms in total. The third-order valence-corrected chi connectivity index (χ3v) is 9.03. The van der Waals surface area contributed by atoms with E-state index in [1.807, 2.05) is 41.0 Å². The van der Waals surface area contributed by atoms with E-state index in [1.165, 1.54) is 31.7 Å². The maximum absolute atomic E-state index is 14.2. The molecule has 3 aliphatic rings. The van der Waals surface area contributed by atoms with Gasteiger partial charge in [-0.25, -0.2) is 0 Å². The Morgan fingerprint density at radius 1 is 0.977 bits per heavy atom. The molecule has 0 spiro atoms. The van der Waals surface area contributed by atoms with Crippen LogP contribution in [0.25, 0.3) is 0 Å².